The fourth-order valence-corrected chi connectivity index (χ4v) is 4.34. The summed E-state index contributed by atoms with van der Waals surface area (Å²) >= 11 is 0. The summed E-state index contributed by atoms with van der Waals surface area (Å²) in [6.45, 7) is 0.647. The van der Waals surface area contributed by atoms with E-state index < -0.39 is 12.2 Å². The molecule has 0 saturated carbocycles. The molecule has 1 atom stereocenters. The maximum atomic E-state index is 13.4. The molecule has 170 valence electrons. The maximum Gasteiger partial charge on any atom is 0.250 e. The van der Waals surface area contributed by atoms with Gasteiger partial charge in [0.25, 0.3) is 5.92 Å². The lowest BCUT2D eigenvalue weighted by atomic mass is 9.97. The molecule has 2 aromatic carbocycles. The van der Waals surface area contributed by atoms with E-state index in [1.807, 2.05) is 60.7 Å². The smallest absolute Gasteiger partial charge is 0.250 e. The molecule has 1 fully saturated rings. The molecule has 5 nitrogen and oxygen atoms in total. The summed E-state index contributed by atoms with van der Waals surface area (Å²) in [4.78, 5) is 6.18. The maximum absolute atomic E-state index is 13.4. The highest BCUT2D eigenvalue weighted by molar-refractivity contribution is 5.96. The van der Waals surface area contributed by atoms with Crippen LogP contribution in [0.3, 0.4) is 0 Å². The van der Waals surface area contributed by atoms with Gasteiger partial charge in [0.2, 0.25) is 0 Å². The number of pyridine rings is 1. The van der Waals surface area contributed by atoms with Crippen LogP contribution in [0, 0.1) is 0 Å². The Bertz CT molecular complexity index is 1250. The largest absolute Gasteiger partial charge is 0.459 e. The van der Waals surface area contributed by atoms with Crippen molar-refractivity contribution in [1.82, 2.24) is 9.88 Å². The number of halogens is 2. The van der Waals surface area contributed by atoms with E-state index in [1.54, 1.807) is 11.1 Å². The van der Waals surface area contributed by atoms with Gasteiger partial charge in [-0.2, -0.15) is 0 Å². The summed E-state index contributed by atoms with van der Waals surface area (Å²) in [5, 5.41) is 11.6. The zero-order valence-electron chi connectivity index (χ0n) is 18.0. The number of aromatic nitrogens is 1. The first kappa shape index (κ1) is 21.7. The summed E-state index contributed by atoms with van der Waals surface area (Å²) < 4.78 is 32.9. The van der Waals surface area contributed by atoms with Crippen molar-refractivity contribution in [3.05, 3.63) is 78.2 Å². The number of hydrogen-bond acceptors (Lipinski definition) is 5. The molecule has 0 aliphatic carbocycles. The third-order valence-corrected chi connectivity index (χ3v) is 6.23. The lowest BCUT2D eigenvalue weighted by Crippen LogP contribution is -2.41. The minimum absolute atomic E-state index is 0.171. The van der Waals surface area contributed by atoms with E-state index in [9.17, 15) is 13.9 Å². The lowest BCUT2D eigenvalue weighted by Gasteiger charge is -2.35. The molecular weight excluding hydrogens is 424 g/mol. The number of nitrogens with two attached hydrogens (primary N) is 1. The minimum atomic E-state index is -2.64. The predicted octanol–water partition coefficient (Wildman–Crippen LogP) is 5.34. The van der Waals surface area contributed by atoms with E-state index in [1.165, 1.54) is 0 Å². The Hall–Kier alpha value is -3.13. The second-order valence-corrected chi connectivity index (χ2v) is 8.46. The monoisotopic (exact) mass is 449 g/mol. The lowest BCUT2D eigenvalue weighted by molar-refractivity contribution is -0.0961. The van der Waals surface area contributed by atoms with Crippen LogP contribution < -0.4 is 5.73 Å². The highest BCUT2D eigenvalue weighted by Gasteiger charge is 2.36. The van der Waals surface area contributed by atoms with Crippen LogP contribution in [0.15, 0.2) is 71.3 Å². The first-order chi connectivity index (χ1) is 15.9. The number of alkyl halides is 2. The van der Waals surface area contributed by atoms with Crippen LogP contribution in [-0.2, 0) is 6.54 Å². The molecule has 1 unspecified atom stereocenters. The number of benzene rings is 2. The summed E-state index contributed by atoms with van der Waals surface area (Å²) in [6, 6.07) is 19.3. The fourth-order valence-electron chi connectivity index (χ4n) is 4.34. The molecule has 7 heteroatoms. The normalized spacial score (nSPS) is 17.3. The SMILES string of the molecule is NCc1cc2cc(-c3ccc(C(O)N4CCC(F)(F)CC4)cc3)cc(-c3ccccn3)c2o1. The van der Waals surface area contributed by atoms with Gasteiger partial charge in [0.05, 0.1) is 12.2 Å². The van der Waals surface area contributed by atoms with E-state index in [2.05, 4.69) is 4.98 Å². The average Bonchev–Trinajstić information content (AvgIpc) is 3.27. The zero-order chi connectivity index (χ0) is 23.0. The van der Waals surface area contributed by atoms with Gasteiger partial charge in [-0.25, -0.2) is 8.78 Å². The Morgan fingerprint density at radius 3 is 2.45 bits per heavy atom. The van der Waals surface area contributed by atoms with Crippen molar-refractivity contribution in [2.24, 2.45) is 5.73 Å². The molecule has 3 N–H and O–H groups in total. The van der Waals surface area contributed by atoms with E-state index in [0.717, 1.165) is 33.4 Å². The quantitative estimate of drug-likeness (QED) is 0.430. The molecule has 5 rings (SSSR count). The molecule has 0 amide bonds. The van der Waals surface area contributed by atoms with Crippen LogP contribution >= 0.6 is 0 Å². The average molecular weight is 450 g/mol. The third kappa shape index (κ3) is 4.39. The first-order valence-corrected chi connectivity index (χ1v) is 11.0. The summed E-state index contributed by atoms with van der Waals surface area (Å²) in [5.74, 6) is -1.94. The molecule has 4 aromatic rings. The fraction of sp³-hybridized carbons (Fsp3) is 0.269. The van der Waals surface area contributed by atoms with E-state index >= 15 is 0 Å². The highest BCUT2D eigenvalue weighted by atomic mass is 19.3. The van der Waals surface area contributed by atoms with E-state index in [0.29, 0.717) is 17.9 Å². The molecule has 0 bridgehead atoms. The van der Waals surface area contributed by atoms with Crippen LogP contribution in [0.5, 0.6) is 0 Å². The van der Waals surface area contributed by atoms with Crippen LogP contribution in [0.4, 0.5) is 8.78 Å². The number of piperidine rings is 1. The summed E-state index contributed by atoms with van der Waals surface area (Å²) in [7, 11) is 0. The zero-order valence-corrected chi connectivity index (χ0v) is 18.0. The number of hydrogen-bond donors (Lipinski definition) is 2. The van der Waals surface area contributed by atoms with Gasteiger partial charge in [0.1, 0.15) is 17.6 Å². The van der Waals surface area contributed by atoms with Gasteiger partial charge in [-0.3, -0.25) is 9.88 Å². The van der Waals surface area contributed by atoms with Gasteiger partial charge in [0, 0.05) is 43.1 Å². The number of nitrogens with zero attached hydrogens (tertiary/aromatic N) is 2. The van der Waals surface area contributed by atoms with Crippen molar-refractivity contribution in [2.45, 2.75) is 31.5 Å². The Labute approximate surface area is 190 Å². The van der Waals surface area contributed by atoms with Crippen LogP contribution in [-0.4, -0.2) is 34.0 Å². The van der Waals surface area contributed by atoms with Crippen molar-refractivity contribution in [3.63, 3.8) is 0 Å². The van der Waals surface area contributed by atoms with Gasteiger partial charge >= 0.3 is 0 Å². The molecule has 0 radical (unpaired) electrons. The number of aliphatic hydroxyl groups excluding tert-OH is 1. The molecule has 1 saturated heterocycles. The molecule has 2 aromatic heterocycles. The van der Waals surface area contributed by atoms with Crippen molar-refractivity contribution in [2.75, 3.05) is 13.1 Å². The molecule has 1 aliphatic rings. The van der Waals surface area contributed by atoms with Crippen LogP contribution in [0.25, 0.3) is 33.4 Å². The van der Waals surface area contributed by atoms with Gasteiger partial charge in [-0.1, -0.05) is 30.3 Å². The second kappa shape index (κ2) is 8.67. The topological polar surface area (TPSA) is 75.5 Å². The van der Waals surface area contributed by atoms with Crippen LogP contribution in [0.2, 0.25) is 0 Å². The van der Waals surface area contributed by atoms with Gasteiger partial charge in [0.15, 0.2) is 0 Å². The third-order valence-electron chi connectivity index (χ3n) is 6.23. The number of likely N-dealkylation sites (tertiary alicyclic amines) is 1. The molecule has 33 heavy (non-hydrogen) atoms. The standard InChI is InChI=1S/C26H25F2N3O2/c27-26(28)8-11-31(12-9-26)25(32)18-6-4-17(5-7-18)19-13-20-14-21(16-29)33-24(20)22(15-19)23-3-1-2-10-30-23/h1-7,10,13-15,25,32H,8-9,11-12,16,29H2. The second-order valence-electron chi connectivity index (χ2n) is 8.46. The summed E-state index contributed by atoms with van der Waals surface area (Å²) in [6.07, 6.45) is 0.387. The number of rotatable bonds is 5. The Morgan fingerprint density at radius 2 is 1.79 bits per heavy atom. The Balaban J connectivity index is 1.47. The van der Waals surface area contributed by atoms with Crippen LogP contribution in [0.1, 0.15) is 30.4 Å². The molecule has 3 heterocycles. The molecule has 0 spiro atoms. The molecular formula is C26H25F2N3O2. The minimum Gasteiger partial charge on any atom is -0.459 e. The summed E-state index contributed by atoms with van der Waals surface area (Å²) in [5.41, 5.74) is 10.8. The van der Waals surface area contributed by atoms with E-state index in [-0.39, 0.29) is 25.9 Å². The Kier molecular flexibility index (Phi) is 5.70. The Morgan fingerprint density at radius 1 is 1.03 bits per heavy atom. The van der Waals surface area contributed by atoms with Crippen molar-refractivity contribution < 1.29 is 18.3 Å². The predicted molar refractivity (Wildman–Crippen MR) is 123 cm³/mol. The van der Waals surface area contributed by atoms with Gasteiger partial charge < -0.3 is 15.3 Å². The highest BCUT2D eigenvalue weighted by Crippen LogP contribution is 2.36. The van der Waals surface area contributed by atoms with Crippen molar-refractivity contribution in [3.8, 4) is 22.4 Å². The number of fused-ring (bicyclic) bond motifs is 1. The van der Waals surface area contributed by atoms with Gasteiger partial charge in [-0.05, 0) is 47.0 Å². The van der Waals surface area contributed by atoms with Gasteiger partial charge in [-0.15, -0.1) is 0 Å². The van der Waals surface area contributed by atoms with Crippen molar-refractivity contribution in [1.29, 1.82) is 0 Å². The first-order valence-electron chi connectivity index (χ1n) is 11.0. The number of furan rings is 1. The van der Waals surface area contributed by atoms with Crippen molar-refractivity contribution >= 4 is 11.0 Å². The molecule has 1 aliphatic heterocycles. The number of aliphatic hydroxyl groups is 1. The van der Waals surface area contributed by atoms with E-state index in [4.69, 9.17) is 10.2 Å².